The predicted octanol–water partition coefficient (Wildman–Crippen LogP) is 2.70. The quantitative estimate of drug-likeness (QED) is 0.704. The van der Waals surface area contributed by atoms with Crippen LogP contribution in [-0.4, -0.2) is 44.1 Å². The summed E-state index contributed by atoms with van der Waals surface area (Å²) in [6, 6.07) is 8.53. The van der Waals surface area contributed by atoms with Gasteiger partial charge in [-0.05, 0) is 48.2 Å². The highest BCUT2D eigenvalue weighted by molar-refractivity contribution is 5.75. The normalized spacial score (nSPS) is 18.6. The Hall–Kier alpha value is -3.09. The van der Waals surface area contributed by atoms with Crippen molar-refractivity contribution in [2.45, 2.75) is 12.8 Å². The van der Waals surface area contributed by atoms with Crippen molar-refractivity contribution in [1.29, 1.82) is 0 Å². The SMILES string of the molecule is COc1cc(C[C@H]2C(=O)OC[C@@H]2Cc2cc(OC)c(O)c(OC)c2)ccc1O. The van der Waals surface area contributed by atoms with E-state index in [1.165, 1.54) is 21.3 Å². The monoisotopic (exact) mass is 388 g/mol. The number of carbonyl (C=O) groups excluding carboxylic acids is 1. The molecule has 0 amide bonds. The third-order valence-electron chi connectivity index (χ3n) is 5.05. The summed E-state index contributed by atoms with van der Waals surface area (Å²) in [6.45, 7) is 0.324. The second kappa shape index (κ2) is 8.29. The van der Waals surface area contributed by atoms with Crippen LogP contribution < -0.4 is 14.2 Å². The second-order valence-corrected chi connectivity index (χ2v) is 6.76. The summed E-state index contributed by atoms with van der Waals surface area (Å²) in [7, 11) is 4.43. The number of phenolic OH excluding ortho intramolecular Hbond substituents is 2. The van der Waals surface area contributed by atoms with Gasteiger partial charge in [-0.25, -0.2) is 0 Å². The average molecular weight is 388 g/mol. The molecule has 150 valence electrons. The Kier molecular flexibility index (Phi) is 5.82. The van der Waals surface area contributed by atoms with E-state index in [0.29, 0.717) is 36.7 Å². The average Bonchev–Trinajstić information content (AvgIpc) is 3.03. The van der Waals surface area contributed by atoms with Crippen molar-refractivity contribution in [2.75, 3.05) is 27.9 Å². The fourth-order valence-electron chi connectivity index (χ4n) is 3.53. The molecule has 2 N–H and O–H groups in total. The Balaban J connectivity index is 1.81. The van der Waals surface area contributed by atoms with Crippen LogP contribution in [0.1, 0.15) is 11.1 Å². The van der Waals surface area contributed by atoms with Gasteiger partial charge >= 0.3 is 5.97 Å². The van der Waals surface area contributed by atoms with E-state index in [2.05, 4.69) is 0 Å². The molecule has 2 atom stereocenters. The van der Waals surface area contributed by atoms with E-state index in [9.17, 15) is 15.0 Å². The molecule has 0 spiro atoms. The molecule has 0 bridgehead atoms. The van der Waals surface area contributed by atoms with Gasteiger partial charge in [0.1, 0.15) is 0 Å². The Morgan fingerprint density at radius 3 is 2.14 bits per heavy atom. The van der Waals surface area contributed by atoms with Crippen molar-refractivity contribution >= 4 is 5.97 Å². The van der Waals surface area contributed by atoms with Crippen molar-refractivity contribution in [2.24, 2.45) is 11.8 Å². The van der Waals surface area contributed by atoms with Crippen molar-refractivity contribution in [3.05, 3.63) is 41.5 Å². The molecule has 28 heavy (non-hydrogen) atoms. The van der Waals surface area contributed by atoms with E-state index in [4.69, 9.17) is 18.9 Å². The van der Waals surface area contributed by atoms with Crippen LogP contribution in [0.5, 0.6) is 28.7 Å². The summed E-state index contributed by atoms with van der Waals surface area (Å²) >= 11 is 0. The molecule has 7 heteroatoms. The van der Waals surface area contributed by atoms with Gasteiger partial charge in [0.05, 0.1) is 33.9 Å². The zero-order valence-electron chi connectivity index (χ0n) is 16.1. The first kappa shape index (κ1) is 19.7. The van der Waals surface area contributed by atoms with Crippen molar-refractivity contribution in [3.8, 4) is 28.7 Å². The number of hydrogen-bond donors (Lipinski definition) is 2. The first-order valence-electron chi connectivity index (χ1n) is 8.93. The number of rotatable bonds is 7. The topological polar surface area (TPSA) is 94.5 Å². The molecule has 1 aliphatic rings. The number of carbonyl (C=O) groups is 1. The van der Waals surface area contributed by atoms with E-state index < -0.39 is 0 Å². The maximum absolute atomic E-state index is 12.3. The van der Waals surface area contributed by atoms with Crippen LogP contribution in [0.2, 0.25) is 0 Å². The number of hydrogen-bond acceptors (Lipinski definition) is 7. The molecule has 0 saturated carbocycles. The van der Waals surface area contributed by atoms with Gasteiger partial charge in [0.15, 0.2) is 23.0 Å². The first-order valence-corrected chi connectivity index (χ1v) is 8.93. The van der Waals surface area contributed by atoms with Crippen LogP contribution in [0.3, 0.4) is 0 Å². The van der Waals surface area contributed by atoms with Gasteiger partial charge in [-0.15, -0.1) is 0 Å². The van der Waals surface area contributed by atoms with E-state index >= 15 is 0 Å². The summed E-state index contributed by atoms with van der Waals surface area (Å²) in [5.41, 5.74) is 1.76. The van der Waals surface area contributed by atoms with E-state index in [1.54, 1.807) is 30.3 Å². The third-order valence-corrected chi connectivity index (χ3v) is 5.05. The van der Waals surface area contributed by atoms with Crippen molar-refractivity contribution in [3.63, 3.8) is 0 Å². The molecule has 3 rings (SSSR count). The van der Waals surface area contributed by atoms with E-state index in [-0.39, 0.29) is 29.3 Å². The minimum atomic E-state index is -0.319. The summed E-state index contributed by atoms with van der Waals surface area (Å²) in [6.07, 6.45) is 1.05. The largest absolute Gasteiger partial charge is 0.504 e. The maximum Gasteiger partial charge on any atom is 0.309 e. The molecule has 7 nitrogen and oxygen atoms in total. The Bertz CT molecular complexity index is 837. The molecule has 1 heterocycles. The standard InChI is InChI=1S/C21H24O7/c1-25-17-8-12(4-5-16(17)22)7-15-14(11-28-21(15)24)6-13-9-18(26-2)20(23)19(10-13)27-3/h4-5,8-10,14-15,22-23H,6-7,11H2,1-3H3/t14-,15+/m0/s1. The third kappa shape index (κ3) is 3.93. The van der Waals surface area contributed by atoms with E-state index in [1.807, 2.05) is 0 Å². The highest BCUT2D eigenvalue weighted by Gasteiger charge is 2.37. The molecule has 0 aliphatic carbocycles. The number of ether oxygens (including phenoxy) is 4. The van der Waals surface area contributed by atoms with Gasteiger partial charge in [-0.2, -0.15) is 0 Å². The minimum absolute atomic E-state index is 0.0359. The first-order chi connectivity index (χ1) is 13.5. The molecule has 1 aliphatic heterocycles. The fourth-order valence-corrected chi connectivity index (χ4v) is 3.53. The van der Waals surface area contributed by atoms with Crippen LogP contribution in [0.25, 0.3) is 0 Å². The Labute approximate surface area is 163 Å². The smallest absolute Gasteiger partial charge is 0.309 e. The zero-order valence-corrected chi connectivity index (χ0v) is 16.1. The highest BCUT2D eigenvalue weighted by atomic mass is 16.5. The van der Waals surface area contributed by atoms with Gasteiger partial charge in [-0.3, -0.25) is 4.79 Å². The number of phenols is 2. The molecule has 1 fully saturated rings. The molecule has 1 saturated heterocycles. The van der Waals surface area contributed by atoms with Crippen LogP contribution in [0.15, 0.2) is 30.3 Å². The van der Waals surface area contributed by atoms with Gasteiger partial charge in [0.25, 0.3) is 0 Å². The number of cyclic esters (lactones) is 1. The lowest BCUT2D eigenvalue weighted by Crippen LogP contribution is -2.20. The van der Waals surface area contributed by atoms with Gasteiger partial charge in [0, 0.05) is 5.92 Å². The maximum atomic E-state index is 12.3. The van der Waals surface area contributed by atoms with Gasteiger partial charge in [-0.1, -0.05) is 6.07 Å². The number of esters is 1. The highest BCUT2D eigenvalue weighted by Crippen LogP contribution is 2.39. The predicted molar refractivity (Wildman–Crippen MR) is 101 cm³/mol. The molecule has 2 aromatic carbocycles. The summed E-state index contributed by atoms with van der Waals surface area (Å²) < 4.78 is 20.9. The minimum Gasteiger partial charge on any atom is -0.504 e. The zero-order chi connectivity index (χ0) is 20.3. The van der Waals surface area contributed by atoms with Crippen molar-refractivity contribution < 1.29 is 34.0 Å². The van der Waals surface area contributed by atoms with E-state index in [0.717, 1.165) is 11.1 Å². The number of benzene rings is 2. The lowest BCUT2D eigenvalue weighted by Gasteiger charge is -2.17. The summed E-state index contributed by atoms with van der Waals surface area (Å²) in [4.78, 5) is 12.3. The Morgan fingerprint density at radius 2 is 1.54 bits per heavy atom. The fraction of sp³-hybridized carbons (Fsp3) is 0.381. The number of aromatic hydroxyl groups is 2. The molecule has 0 aromatic heterocycles. The Morgan fingerprint density at radius 1 is 0.929 bits per heavy atom. The second-order valence-electron chi connectivity index (χ2n) is 6.76. The number of methoxy groups -OCH3 is 3. The summed E-state index contributed by atoms with van der Waals surface area (Å²) in [5, 5.41) is 19.8. The summed E-state index contributed by atoms with van der Waals surface area (Å²) in [5.74, 6) is 0.411. The van der Waals surface area contributed by atoms with Gasteiger partial charge < -0.3 is 29.2 Å². The van der Waals surface area contributed by atoms with Crippen LogP contribution in [0.4, 0.5) is 0 Å². The van der Waals surface area contributed by atoms with Gasteiger partial charge in [0.2, 0.25) is 5.75 Å². The lowest BCUT2D eigenvalue weighted by atomic mass is 9.85. The van der Waals surface area contributed by atoms with Crippen molar-refractivity contribution in [1.82, 2.24) is 0 Å². The molecular weight excluding hydrogens is 364 g/mol. The van der Waals surface area contributed by atoms with Crippen LogP contribution in [-0.2, 0) is 22.4 Å². The molecule has 0 radical (unpaired) electrons. The van der Waals surface area contributed by atoms with Crippen LogP contribution in [0, 0.1) is 11.8 Å². The van der Waals surface area contributed by atoms with Crippen LogP contribution >= 0.6 is 0 Å². The molecule has 2 aromatic rings. The lowest BCUT2D eigenvalue weighted by molar-refractivity contribution is -0.141. The molecular formula is C21H24O7. The molecule has 0 unspecified atom stereocenters.